The van der Waals surface area contributed by atoms with E-state index in [4.69, 9.17) is 0 Å². The molecule has 0 saturated carbocycles. The number of nitrogens with zero attached hydrogens (tertiary/aromatic N) is 1. The molecule has 0 aliphatic carbocycles. The van der Waals surface area contributed by atoms with Crippen LogP contribution in [0.5, 0.6) is 0 Å². The molecule has 1 nitrogen and oxygen atoms in total. The quantitative estimate of drug-likeness (QED) is 0.227. The molecule has 144 valence electrons. The second-order valence-corrected chi connectivity index (χ2v) is 7.69. The van der Waals surface area contributed by atoms with Crippen LogP contribution >= 0.6 is 0 Å². The van der Waals surface area contributed by atoms with E-state index in [-0.39, 0.29) is 0 Å². The van der Waals surface area contributed by atoms with Gasteiger partial charge in [-0.3, -0.25) is 4.48 Å². The predicted octanol–water partition coefficient (Wildman–Crippen LogP) is 7.52. The summed E-state index contributed by atoms with van der Waals surface area (Å²) >= 11 is 0. The van der Waals surface area contributed by atoms with Gasteiger partial charge < -0.3 is 0 Å². The van der Waals surface area contributed by atoms with Crippen molar-refractivity contribution in [3.63, 3.8) is 0 Å². The van der Waals surface area contributed by atoms with Crippen LogP contribution in [0.4, 0.5) is 5.69 Å². The van der Waals surface area contributed by atoms with Crippen LogP contribution in [0.25, 0.3) is 0 Å². The van der Waals surface area contributed by atoms with Crippen LogP contribution in [0.15, 0.2) is 24.3 Å². The minimum absolute atomic E-state index is 1.11. The van der Waals surface area contributed by atoms with Crippen LogP contribution in [-0.2, 0) is 6.42 Å². The summed E-state index contributed by atoms with van der Waals surface area (Å²) < 4.78 is 1.11. The van der Waals surface area contributed by atoms with E-state index in [0.29, 0.717) is 0 Å². The number of hydrogen-bond acceptors (Lipinski definition) is 0. The Labute approximate surface area is 158 Å². The summed E-state index contributed by atoms with van der Waals surface area (Å²) in [5.41, 5.74) is 3.00. The first kappa shape index (κ1) is 22.2. The number of rotatable bonds is 15. The lowest BCUT2D eigenvalue weighted by Crippen LogP contribution is -2.48. The summed E-state index contributed by atoms with van der Waals surface area (Å²) in [6.07, 6.45) is 15.4. The van der Waals surface area contributed by atoms with E-state index in [0.717, 1.165) is 4.48 Å². The second-order valence-electron chi connectivity index (χ2n) is 7.69. The summed E-state index contributed by atoms with van der Waals surface area (Å²) in [7, 11) is 0. The molecule has 1 heteroatoms. The summed E-state index contributed by atoms with van der Waals surface area (Å²) in [5.74, 6) is 0. The maximum atomic E-state index is 2.38. The Hall–Kier alpha value is -0.820. The molecule has 25 heavy (non-hydrogen) atoms. The molecule has 1 rings (SSSR count). The zero-order chi connectivity index (χ0) is 18.4. The Morgan fingerprint density at radius 2 is 1.00 bits per heavy atom. The molecule has 0 bridgehead atoms. The van der Waals surface area contributed by atoms with Crippen molar-refractivity contribution < 1.29 is 0 Å². The molecule has 0 fully saturated rings. The van der Waals surface area contributed by atoms with Crippen LogP contribution in [0, 0.1) is 0 Å². The van der Waals surface area contributed by atoms with Gasteiger partial charge in [0.25, 0.3) is 0 Å². The van der Waals surface area contributed by atoms with Gasteiger partial charge in [-0.05, 0) is 51.3 Å². The molecule has 0 N–H and O–H groups in total. The maximum Gasteiger partial charge on any atom is 0.132 e. The van der Waals surface area contributed by atoms with Gasteiger partial charge in [0, 0.05) is 0 Å². The van der Waals surface area contributed by atoms with E-state index in [2.05, 4.69) is 52.0 Å². The zero-order valence-corrected chi connectivity index (χ0v) is 17.7. The van der Waals surface area contributed by atoms with Crippen LogP contribution in [0.2, 0.25) is 0 Å². The molecule has 0 aliphatic rings. The third-order valence-corrected chi connectivity index (χ3v) is 6.12. The largest absolute Gasteiger partial charge is 0.292 e. The van der Waals surface area contributed by atoms with Crippen molar-refractivity contribution in [3.05, 3.63) is 29.8 Å². The summed E-state index contributed by atoms with van der Waals surface area (Å²) in [6.45, 7) is 12.8. The van der Waals surface area contributed by atoms with E-state index in [9.17, 15) is 0 Å². The molecule has 0 amide bonds. The molecule has 1 aromatic carbocycles. The van der Waals surface area contributed by atoms with Crippen molar-refractivity contribution >= 4 is 5.69 Å². The fourth-order valence-corrected chi connectivity index (χ4v) is 4.01. The van der Waals surface area contributed by atoms with Gasteiger partial charge in [0.2, 0.25) is 0 Å². The topological polar surface area (TPSA) is 0 Å². The standard InChI is InChI=1S/C24H44N/c1-5-9-10-11-12-13-14-15-16-17-18-23-19-21-24(22-20-23)25(6-2,7-3)8-4/h19-22H,5-18H2,1-4H3/q+1. The van der Waals surface area contributed by atoms with E-state index in [1.54, 1.807) is 0 Å². The lowest BCUT2D eigenvalue weighted by atomic mass is 10.0. The predicted molar refractivity (Wildman–Crippen MR) is 115 cm³/mol. The van der Waals surface area contributed by atoms with Crippen LogP contribution in [-0.4, -0.2) is 19.6 Å². The first-order chi connectivity index (χ1) is 12.2. The van der Waals surface area contributed by atoms with Gasteiger partial charge in [0.1, 0.15) is 5.69 Å². The smallest absolute Gasteiger partial charge is 0.132 e. The Morgan fingerprint density at radius 1 is 0.560 bits per heavy atom. The molecule has 0 saturated heterocycles. The highest BCUT2D eigenvalue weighted by Gasteiger charge is 2.23. The van der Waals surface area contributed by atoms with Gasteiger partial charge in [-0.2, -0.15) is 0 Å². The van der Waals surface area contributed by atoms with Crippen molar-refractivity contribution in [2.45, 2.75) is 98.3 Å². The fourth-order valence-electron chi connectivity index (χ4n) is 4.01. The van der Waals surface area contributed by atoms with Gasteiger partial charge >= 0.3 is 0 Å². The monoisotopic (exact) mass is 346 g/mol. The molecule has 0 heterocycles. The minimum atomic E-state index is 1.11. The van der Waals surface area contributed by atoms with Crippen molar-refractivity contribution in [1.29, 1.82) is 0 Å². The maximum absolute atomic E-state index is 2.38. The molecular weight excluding hydrogens is 302 g/mol. The molecule has 0 unspecified atom stereocenters. The average Bonchev–Trinajstić information content (AvgIpc) is 2.66. The minimum Gasteiger partial charge on any atom is -0.292 e. The number of quaternary nitrogens is 1. The normalized spacial score (nSPS) is 11.8. The number of aryl methyl sites for hydroxylation is 1. The first-order valence-corrected chi connectivity index (χ1v) is 11.2. The lowest BCUT2D eigenvalue weighted by Gasteiger charge is -2.35. The van der Waals surface area contributed by atoms with Crippen molar-refractivity contribution in [2.24, 2.45) is 0 Å². The van der Waals surface area contributed by atoms with Crippen LogP contribution in [0.1, 0.15) is 97.5 Å². The van der Waals surface area contributed by atoms with E-state index in [1.165, 1.54) is 102 Å². The highest BCUT2D eigenvalue weighted by atomic mass is 15.3. The summed E-state index contributed by atoms with van der Waals surface area (Å²) in [6, 6.07) is 9.50. The summed E-state index contributed by atoms with van der Waals surface area (Å²) in [4.78, 5) is 0. The van der Waals surface area contributed by atoms with Gasteiger partial charge in [0.15, 0.2) is 0 Å². The Bertz CT molecular complexity index is 408. The highest BCUT2D eigenvalue weighted by molar-refractivity contribution is 5.44. The third kappa shape index (κ3) is 7.94. The second kappa shape index (κ2) is 13.4. The molecule has 0 radical (unpaired) electrons. The van der Waals surface area contributed by atoms with Gasteiger partial charge in [-0.15, -0.1) is 0 Å². The first-order valence-electron chi connectivity index (χ1n) is 11.2. The molecular formula is C24H44N+. The fraction of sp³-hybridized carbons (Fsp3) is 0.750. The average molecular weight is 347 g/mol. The summed E-state index contributed by atoms with van der Waals surface area (Å²) in [5, 5.41) is 0. The van der Waals surface area contributed by atoms with Crippen LogP contribution < -0.4 is 4.48 Å². The Morgan fingerprint density at radius 3 is 1.44 bits per heavy atom. The molecule has 0 spiro atoms. The van der Waals surface area contributed by atoms with Gasteiger partial charge in [-0.25, -0.2) is 0 Å². The molecule has 0 aromatic heterocycles. The van der Waals surface area contributed by atoms with Crippen LogP contribution in [0.3, 0.4) is 0 Å². The van der Waals surface area contributed by atoms with Gasteiger partial charge in [-0.1, -0.05) is 76.8 Å². The zero-order valence-electron chi connectivity index (χ0n) is 17.7. The Kier molecular flexibility index (Phi) is 11.9. The van der Waals surface area contributed by atoms with E-state index in [1.807, 2.05) is 0 Å². The molecule has 1 aromatic rings. The van der Waals surface area contributed by atoms with Crippen molar-refractivity contribution in [3.8, 4) is 0 Å². The van der Waals surface area contributed by atoms with Gasteiger partial charge in [0.05, 0.1) is 19.6 Å². The highest BCUT2D eigenvalue weighted by Crippen LogP contribution is 2.24. The molecule has 0 atom stereocenters. The third-order valence-electron chi connectivity index (χ3n) is 6.12. The number of benzene rings is 1. The van der Waals surface area contributed by atoms with E-state index >= 15 is 0 Å². The van der Waals surface area contributed by atoms with E-state index < -0.39 is 0 Å². The van der Waals surface area contributed by atoms with Crippen molar-refractivity contribution in [2.75, 3.05) is 19.6 Å². The van der Waals surface area contributed by atoms with Crippen molar-refractivity contribution in [1.82, 2.24) is 4.48 Å². The number of unbranched alkanes of at least 4 members (excludes halogenated alkanes) is 9. The Balaban J connectivity index is 2.20. The lowest BCUT2D eigenvalue weighted by molar-refractivity contribution is 0.316. The number of hydrogen-bond donors (Lipinski definition) is 0. The molecule has 0 aliphatic heterocycles. The SMILES string of the molecule is CCCCCCCCCCCCc1ccc([N+](CC)(CC)CC)cc1.